The maximum Gasteiger partial charge on any atom is 0.125 e. The van der Waals surface area contributed by atoms with Gasteiger partial charge in [0.2, 0.25) is 0 Å². The summed E-state index contributed by atoms with van der Waals surface area (Å²) in [5.74, 6) is 0. The van der Waals surface area contributed by atoms with E-state index >= 15 is 0 Å². The average molecular weight is 169 g/mol. The summed E-state index contributed by atoms with van der Waals surface area (Å²) < 4.78 is 0. The number of aromatic nitrogens is 1. The lowest BCUT2D eigenvalue weighted by Crippen LogP contribution is -2.15. The maximum absolute atomic E-state index is 10.5. The molecule has 0 saturated heterocycles. The molecular formula is C8H11NOS. The molecule has 3 heteroatoms. The molecule has 0 spiro atoms. The van der Waals surface area contributed by atoms with Crippen LogP contribution in [0, 0.1) is 5.41 Å². The highest BCUT2D eigenvalue weighted by Gasteiger charge is 2.17. The Labute approximate surface area is 70.3 Å². The summed E-state index contributed by atoms with van der Waals surface area (Å²) in [6, 6.07) is 0. The number of hydrogen-bond acceptors (Lipinski definition) is 3. The first-order valence-corrected chi connectivity index (χ1v) is 4.36. The molecule has 11 heavy (non-hydrogen) atoms. The van der Waals surface area contributed by atoms with Crippen LogP contribution in [0.4, 0.5) is 0 Å². The SMILES string of the molecule is CC(C)(C=O)Cc1cncs1. The highest BCUT2D eigenvalue weighted by Crippen LogP contribution is 2.20. The fourth-order valence-electron chi connectivity index (χ4n) is 0.820. The minimum atomic E-state index is -0.244. The predicted molar refractivity (Wildman–Crippen MR) is 45.7 cm³/mol. The summed E-state index contributed by atoms with van der Waals surface area (Å²) >= 11 is 1.60. The van der Waals surface area contributed by atoms with E-state index < -0.39 is 0 Å². The van der Waals surface area contributed by atoms with Crippen LogP contribution in [0.2, 0.25) is 0 Å². The zero-order valence-electron chi connectivity index (χ0n) is 6.70. The molecule has 0 radical (unpaired) electrons. The van der Waals surface area contributed by atoms with Gasteiger partial charge >= 0.3 is 0 Å². The van der Waals surface area contributed by atoms with Crippen molar-refractivity contribution in [3.8, 4) is 0 Å². The molecule has 0 bridgehead atoms. The van der Waals surface area contributed by atoms with Gasteiger partial charge in [0.1, 0.15) is 6.29 Å². The Morgan fingerprint density at radius 1 is 1.73 bits per heavy atom. The Bertz CT molecular complexity index is 228. The lowest BCUT2D eigenvalue weighted by molar-refractivity contribution is -0.114. The second-order valence-corrected chi connectivity index (χ2v) is 4.22. The Kier molecular flexibility index (Phi) is 2.39. The smallest absolute Gasteiger partial charge is 0.125 e. The van der Waals surface area contributed by atoms with Gasteiger partial charge in [-0.1, -0.05) is 13.8 Å². The van der Waals surface area contributed by atoms with E-state index in [4.69, 9.17) is 0 Å². The number of carbonyl (C=O) groups is 1. The molecule has 60 valence electrons. The van der Waals surface area contributed by atoms with Crippen LogP contribution in [0.25, 0.3) is 0 Å². The summed E-state index contributed by atoms with van der Waals surface area (Å²) in [5, 5.41) is 0. The molecule has 2 nitrogen and oxygen atoms in total. The third-order valence-electron chi connectivity index (χ3n) is 1.43. The molecule has 0 atom stereocenters. The monoisotopic (exact) mass is 169 g/mol. The van der Waals surface area contributed by atoms with Crippen molar-refractivity contribution >= 4 is 17.6 Å². The molecule has 0 saturated carbocycles. The molecule has 0 aliphatic carbocycles. The van der Waals surface area contributed by atoms with Crippen molar-refractivity contribution < 1.29 is 4.79 Å². The van der Waals surface area contributed by atoms with Gasteiger partial charge in [-0.2, -0.15) is 0 Å². The van der Waals surface area contributed by atoms with Crippen molar-refractivity contribution in [2.45, 2.75) is 20.3 Å². The quantitative estimate of drug-likeness (QED) is 0.647. The zero-order chi connectivity index (χ0) is 8.32. The summed E-state index contributed by atoms with van der Waals surface area (Å²) in [6.45, 7) is 3.86. The van der Waals surface area contributed by atoms with Gasteiger partial charge in [0.25, 0.3) is 0 Å². The molecule has 0 unspecified atom stereocenters. The fourth-order valence-corrected chi connectivity index (χ4v) is 1.65. The first-order valence-electron chi connectivity index (χ1n) is 3.48. The van der Waals surface area contributed by atoms with Crippen LogP contribution in [-0.2, 0) is 11.2 Å². The van der Waals surface area contributed by atoms with Crippen LogP contribution in [-0.4, -0.2) is 11.3 Å². The van der Waals surface area contributed by atoms with Crippen molar-refractivity contribution in [2.24, 2.45) is 5.41 Å². The molecule has 1 aromatic heterocycles. The van der Waals surface area contributed by atoms with Gasteiger partial charge in [-0.15, -0.1) is 11.3 Å². The van der Waals surface area contributed by atoms with Gasteiger partial charge in [-0.3, -0.25) is 4.98 Å². The molecule has 0 aliphatic rings. The molecular weight excluding hydrogens is 158 g/mol. The molecule has 0 aliphatic heterocycles. The van der Waals surface area contributed by atoms with Gasteiger partial charge in [-0.05, 0) is 6.42 Å². The Morgan fingerprint density at radius 3 is 2.91 bits per heavy atom. The zero-order valence-corrected chi connectivity index (χ0v) is 7.52. The lowest BCUT2D eigenvalue weighted by atomic mass is 9.91. The molecule has 0 fully saturated rings. The van der Waals surface area contributed by atoms with Crippen molar-refractivity contribution in [3.05, 3.63) is 16.6 Å². The number of nitrogens with zero attached hydrogens (tertiary/aromatic N) is 1. The average Bonchev–Trinajstić information content (AvgIpc) is 2.39. The molecule has 1 heterocycles. The van der Waals surface area contributed by atoms with Crippen molar-refractivity contribution in [3.63, 3.8) is 0 Å². The standard InChI is InChI=1S/C8H11NOS/c1-8(2,5-10)3-7-4-9-6-11-7/h4-6H,3H2,1-2H3. The fraction of sp³-hybridized carbons (Fsp3) is 0.500. The number of thiazole rings is 1. The van der Waals surface area contributed by atoms with E-state index in [2.05, 4.69) is 4.98 Å². The molecule has 1 rings (SSSR count). The van der Waals surface area contributed by atoms with E-state index in [0.717, 1.165) is 12.7 Å². The number of aldehydes is 1. The van der Waals surface area contributed by atoms with E-state index in [1.54, 1.807) is 16.8 Å². The number of hydrogen-bond donors (Lipinski definition) is 0. The van der Waals surface area contributed by atoms with E-state index in [-0.39, 0.29) is 5.41 Å². The van der Waals surface area contributed by atoms with Crippen molar-refractivity contribution in [1.82, 2.24) is 4.98 Å². The van der Waals surface area contributed by atoms with Gasteiger partial charge in [0.05, 0.1) is 5.51 Å². The Morgan fingerprint density at radius 2 is 2.45 bits per heavy atom. The van der Waals surface area contributed by atoms with Gasteiger partial charge in [-0.25, -0.2) is 0 Å². The van der Waals surface area contributed by atoms with E-state index in [9.17, 15) is 4.79 Å². The molecule has 0 aromatic carbocycles. The highest BCUT2D eigenvalue weighted by molar-refractivity contribution is 7.09. The summed E-state index contributed by atoms with van der Waals surface area (Å²) in [7, 11) is 0. The van der Waals surface area contributed by atoms with Gasteiger partial charge < -0.3 is 4.79 Å². The van der Waals surface area contributed by atoms with E-state index in [1.807, 2.05) is 20.0 Å². The Balaban J connectivity index is 2.63. The highest BCUT2D eigenvalue weighted by atomic mass is 32.1. The summed E-state index contributed by atoms with van der Waals surface area (Å²) in [4.78, 5) is 15.6. The second-order valence-electron chi connectivity index (χ2n) is 3.25. The first kappa shape index (κ1) is 8.40. The number of rotatable bonds is 3. The van der Waals surface area contributed by atoms with Gasteiger partial charge in [0.15, 0.2) is 0 Å². The third kappa shape index (κ3) is 2.42. The topological polar surface area (TPSA) is 30.0 Å². The number of carbonyl (C=O) groups excluding carboxylic acids is 1. The van der Waals surface area contributed by atoms with Crippen LogP contribution < -0.4 is 0 Å². The summed E-state index contributed by atoms with van der Waals surface area (Å²) in [6.07, 6.45) is 3.60. The van der Waals surface area contributed by atoms with Crippen LogP contribution >= 0.6 is 11.3 Å². The van der Waals surface area contributed by atoms with Crippen LogP contribution in [0.5, 0.6) is 0 Å². The van der Waals surface area contributed by atoms with Crippen molar-refractivity contribution in [1.29, 1.82) is 0 Å². The summed E-state index contributed by atoms with van der Waals surface area (Å²) in [5.41, 5.74) is 1.54. The van der Waals surface area contributed by atoms with E-state index in [1.165, 1.54) is 4.88 Å². The second kappa shape index (κ2) is 3.13. The first-order chi connectivity index (χ1) is 5.14. The maximum atomic E-state index is 10.5. The minimum absolute atomic E-state index is 0.244. The normalized spacial score (nSPS) is 11.5. The Hall–Kier alpha value is -0.700. The van der Waals surface area contributed by atoms with E-state index in [0.29, 0.717) is 0 Å². The van der Waals surface area contributed by atoms with Crippen LogP contribution in [0.3, 0.4) is 0 Å². The largest absolute Gasteiger partial charge is 0.303 e. The third-order valence-corrected chi connectivity index (χ3v) is 2.21. The molecule has 0 N–H and O–H groups in total. The van der Waals surface area contributed by atoms with Crippen molar-refractivity contribution in [2.75, 3.05) is 0 Å². The minimum Gasteiger partial charge on any atom is -0.303 e. The predicted octanol–water partition coefficient (Wildman–Crippen LogP) is 1.91. The van der Waals surface area contributed by atoms with Gasteiger partial charge in [0, 0.05) is 16.5 Å². The molecule has 1 aromatic rings. The lowest BCUT2D eigenvalue weighted by Gasteiger charge is -2.13. The molecule has 0 amide bonds. The van der Waals surface area contributed by atoms with Crippen LogP contribution in [0.15, 0.2) is 11.7 Å². The van der Waals surface area contributed by atoms with Crippen LogP contribution in [0.1, 0.15) is 18.7 Å².